The van der Waals surface area contributed by atoms with E-state index in [0.717, 1.165) is 12.1 Å². The molecule has 0 aliphatic carbocycles. The Bertz CT molecular complexity index is 1160. The quantitative estimate of drug-likeness (QED) is 0.415. The Labute approximate surface area is 191 Å². The lowest BCUT2D eigenvalue weighted by molar-refractivity contribution is -0.143. The number of rotatable bonds is 6. The predicted molar refractivity (Wildman–Crippen MR) is 122 cm³/mol. The van der Waals surface area contributed by atoms with Crippen molar-refractivity contribution in [2.75, 3.05) is 38.6 Å². The predicted octanol–water partition coefficient (Wildman–Crippen LogP) is 2.72. The number of Topliss-reactive ketones (excluding diaryl/α,β-unsaturated/α-hetero) is 1. The molecule has 1 atom stereocenters. The summed E-state index contributed by atoms with van der Waals surface area (Å²) in [5, 5.41) is 11.3. The first-order valence-electron chi connectivity index (χ1n) is 10.9. The lowest BCUT2D eigenvalue weighted by Gasteiger charge is -2.35. The van der Waals surface area contributed by atoms with Gasteiger partial charge in [0.15, 0.2) is 5.54 Å². The number of carbonyl (C=O) groups is 3. The van der Waals surface area contributed by atoms with Crippen LogP contribution in [0.2, 0.25) is 0 Å². The van der Waals surface area contributed by atoms with E-state index in [9.17, 15) is 23.9 Å². The third kappa shape index (κ3) is 3.33. The van der Waals surface area contributed by atoms with Gasteiger partial charge in [-0.1, -0.05) is 25.1 Å². The van der Waals surface area contributed by atoms with Gasteiger partial charge in [0.1, 0.15) is 11.6 Å². The standard InChI is InChI=1S/C25H26FN3O4/c1-4-13-28-19-8-6-5-7-18(19)25(24(28)33)20(21(30)16-9-11-17(26)12-10-16)22(31)23(32)29(25)15-14-27(2)3/h5-12,30H,4,13-15H2,1-3H3/b21-20-. The van der Waals surface area contributed by atoms with Crippen molar-refractivity contribution in [1.82, 2.24) is 9.80 Å². The summed E-state index contributed by atoms with van der Waals surface area (Å²) < 4.78 is 13.5. The van der Waals surface area contributed by atoms with Crippen LogP contribution in [0.4, 0.5) is 10.1 Å². The van der Waals surface area contributed by atoms with E-state index in [1.807, 2.05) is 25.9 Å². The molecule has 2 heterocycles. The lowest BCUT2D eigenvalue weighted by atomic mass is 9.82. The van der Waals surface area contributed by atoms with Crippen molar-refractivity contribution >= 4 is 29.0 Å². The molecule has 1 saturated heterocycles. The number of anilines is 1. The highest BCUT2D eigenvalue weighted by atomic mass is 19.1. The Morgan fingerprint density at radius 3 is 2.33 bits per heavy atom. The summed E-state index contributed by atoms with van der Waals surface area (Å²) in [6.07, 6.45) is 0.665. The number of amides is 2. The highest BCUT2D eigenvalue weighted by Crippen LogP contribution is 2.53. The van der Waals surface area contributed by atoms with E-state index in [-0.39, 0.29) is 17.7 Å². The normalized spacial score (nSPS) is 21.5. The second-order valence-electron chi connectivity index (χ2n) is 8.50. The van der Waals surface area contributed by atoms with Crippen LogP contribution in [0.5, 0.6) is 0 Å². The summed E-state index contributed by atoms with van der Waals surface area (Å²) in [6.45, 7) is 2.85. The van der Waals surface area contributed by atoms with Crippen LogP contribution in [0.3, 0.4) is 0 Å². The third-order valence-electron chi connectivity index (χ3n) is 6.14. The van der Waals surface area contributed by atoms with Gasteiger partial charge in [-0.2, -0.15) is 0 Å². The van der Waals surface area contributed by atoms with Crippen molar-refractivity contribution in [2.45, 2.75) is 18.9 Å². The Balaban J connectivity index is 2.04. The second-order valence-corrected chi connectivity index (χ2v) is 8.50. The van der Waals surface area contributed by atoms with Crippen molar-refractivity contribution < 1.29 is 23.9 Å². The van der Waals surface area contributed by atoms with Crippen molar-refractivity contribution in [1.29, 1.82) is 0 Å². The number of para-hydroxylation sites is 1. The second kappa shape index (κ2) is 8.44. The minimum atomic E-state index is -1.78. The number of aliphatic hydroxyl groups is 1. The minimum absolute atomic E-state index is 0.109. The fourth-order valence-corrected chi connectivity index (χ4v) is 4.66. The molecule has 2 aliphatic heterocycles. The van der Waals surface area contributed by atoms with Crippen LogP contribution in [-0.2, 0) is 19.9 Å². The molecule has 2 aromatic rings. The third-order valence-corrected chi connectivity index (χ3v) is 6.14. The number of benzene rings is 2. The van der Waals surface area contributed by atoms with E-state index in [2.05, 4.69) is 0 Å². The Hall–Kier alpha value is -3.52. The molecular weight excluding hydrogens is 425 g/mol. The highest BCUT2D eigenvalue weighted by Gasteiger charge is 2.66. The maximum absolute atomic E-state index is 14.1. The molecule has 0 aromatic heterocycles. The molecule has 33 heavy (non-hydrogen) atoms. The molecule has 1 N–H and O–H groups in total. The molecular formula is C25H26FN3O4. The lowest BCUT2D eigenvalue weighted by Crippen LogP contribution is -2.53. The van der Waals surface area contributed by atoms with Gasteiger partial charge in [-0.3, -0.25) is 14.4 Å². The number of hydrogen-bond donors (Lipinski definition) is 1. The summed E-state index contributed by atoms with van der Waals surface area (Å²) in [5.41, 5.74) is -0.834. The first-order chi connectivity index (χ1) is 15.7. The van der Waals surface area contributed by atoms with Gasteiger partial charge < -0.3 is 19.8 Å². The zero-order chi connectivity index (χ0) is 23.9. The van der Waals surface area contributed by atoms with Crippen molar-refractivity contribution in [2.24, 2.45) is 0 Å². The number of likely N-dealkylation sites (tertiary alicyclic amines) is 1. The zero-order valence-corrected chi connectivity index (χ0v) is 18.8. The van der Waals surface area contributed by atoms with Gasteiger partial charge in [-0.05, 0) is 50.8 Å². The van der Waals surface area contributed by atoms with E-state index < -0.39 is 34.7 Å². The maximum atomic E-state index is 14.1. The van der Waals surface area contributed by atoms with Crippen LogP contribution in [0.15, 0.2) is 54.1 Å². The number of fused-ring (bicyclic) bond motifs is 2. The summed E-state index contributed by atoms with van der Waals surface area (Å²) in [4.78, 5) is 45.4. The summed E-state index contributed by atoms with van der Waals surface area (Å²) in [5.74, 6) is -3.24. The smallest absolute Gasteiger partial charge is 0.296 e. The highest BCUT2D eigenvalue weighted by molar-refractivity contribution is 6.50. The zero-order valence-electron chi connectivity index (χ0n) is 18.8. The number of carbonyl (C=O) groups excluding carboxylic acids is 3. The summed E-state index contributed by atoms with van der Waals surface area (Å²) >= 11 is 0. The van der Waals surface area contributed by atoms with Gasteiger partial charge in [0.2, 0.25) is 0 Å². The molecule has 1 fully saturated rings. The molecule has 2 aromatic carbocycles. The van der Waals surface area contributed by atoms with Gasteiger partial charge >= 0.3 is 0 Å². The van der Waals surface area contributed by atoms with E-state index in [4.69, 9.17) is 0 Å². The number of hydrogen-bond acceptors (Lipinski definition) is 5. The molecule has 2 aliphatic rings. The molecule has 8 heteroatoms. The Kier molecular flexibility index (Phi) is 5.80. The molecule has 7 nitrogen and oxygen atoms in total. The molecule has 2 amide bonds. The Morgan fingerprint density at radius 1 is 1.03 bits per heavy atom. The summed E-state index contributed by atoms with van der Waals surface area (Å²) in [7, 11) is 3.66. The number of aliphatic hydroxyl groups excluding tert-OH is 1. The molecule has 1 unspecified atom stereocenters. The van der Waals surface area contributed by atoms with Gasteiger partial charge in [-0.25, -0.2) is 4.39 Å². The van der Waals surface area contributed by atoms with E-state index in [1.54, 1.807) is 29.2 Å². The van der Waals surface area contributed by atoms with Crippen molar-refractivity contribution in [3.63, 3.8) is 0 Å². The van der Waals surface area contributed by atoms with Gasteiger partial charge in [0.25, 0.3) is 17.6 Å². The Morgan fingerprint density at radius 2 is 1.70 bits per heavy atom. The minimum Gasteiger partial charge on any atom is -0.507 e. The fraction of sp³-hybridized carbons (Fsp3) is 0.320. The summed E-state index contributed by atoms with van der Waals surface area (Å²) in [6, 6.07) is 12.0. The van der Waals surface area contributed by atoms with E-state index >= 15 is 0 Å². The SMILES string of the molecule is CCCN1C(=O)C2(/C(=C(\O)c3ccc(F)cc3)C(=O)C(=O)N2CCN(C)C)c2ccccc21. The first-order valence-corrected chi connectivity index (χ1v) is 10.9. The molecule has 172 valence electrons. The van der Waals surface area contributed by atoms with Crippen LogP contribution in [0, 0.1) is 5.82 Å². The van der Waals surface area contributed by atoms with Gasteiger partial charge in [0.05, 0.1) is 11.3 Å². The average Bonchev–Trinajstić information content (AvgIpc) is 3.16. The molecule has 0 saturated carbocycles. The van der Waals surface area contributed by atoms with Crippen LogP contribution in [0.1, 0.15) is 24.5 Å². The first kappa shape index (κ1) is 22.7. The van der Waals surface area contributed by atoms with Crippen LogP contribution >= 0.6 is 0 Å². The van der Waals surface area contributed by atoms with Crippen LogP contribution < -0.4 is 4.90 Å². The van der Waals surface area contributed by atoms with Crippen LogP contribution in [0.25, 0.3) is 5.76 Å². The number of likely N-dealkylation sites (N-methyl/N-ethyl adjacent to an activating group) is 1. The molecule has 1 spiro atoms. The van der Waals surface area contributed by atoms with Gasteiger partial charge in [-0.15, -0.1) is 0 Å². The van der Waals surface area contributed by atoms with Crippen LogP contribution in [-0.4, -0.2) is 66.2 Å². The number of halogens is 1. The number of ketones is 1. The number of nitrogens with zero attached hydrogens (tertiary/aromatic N) is 3. The largest absolute Gasteiger partial charge is 0.507 e. The molecule has 4 rings (SSSR count). The fourth-order valence-electron chi connectivity index (χ4n) is 4.66. The maximum Gasteiger partial charge on any atom is 0.296 e. The van der Waals surface area contributed by atoms with Gasteiger partial charge in [0, 0.05) is 30.8 Å². The molecule has 0 radical (unpaired) electrons. The molecule has 0 bridgehead atoms. The monoisotopic (exact) mass is 451 g/mol. The van der Waals surface area contributed by atoms with Crippen molar-refractivity contribution in [3.8, 4) is 0 Å². The van der Waals surface area contributed by atoms with Crippen molar-refractivity contribution in [3.05, 3.63) is 71.0 Å². The average molecular weight is 451 g/mol. The van der Waals surface area contributed by atoms with E-state index in [1.165, 1.54) is 17.0 Å². The topological polar surface area (TPSA) is 81.2 Å². The van der Waals surface area contributed by atoms with E-state index in [0.29, 0.717) is 30.8 Å².